The minimum absolute atomic E-state index is 0.0493. The van der Waals surface area contributed by atoms with Crippen molar-refractivity contribution >= 4 is 5.91 Å². The van der Waals surface area contributed by atoms with E-state index in [9.17, 15) is 9.90 Å². The van der Waals surface area contributed by atoms with Gasteiger partial charge in [0.1, 0.15) is 6.10 Å². The van der Waals surface area contributed by atoms with E-state index in [-0.39, 0.29) is 30.8 Å². The molecule has 0 radical (unpaired) electrons. The van der Waals surface area contributed by atoms with Crippen LogP contribution in [0.15, 0.2) is 0 Å². The first-order valence-electron chi connectivity index (χ1n) is 5.50. The zero-order chi connectivity index (χ0) is 11.6. The van der Waals surface area contributed by atoms with Crippen LogP contribution >= 0.6 is 0 Å². The average molecular weight is 215 g/mol. The molecular formula is C11H21NO3. The maximum atomic E-state index is 11.1. The zero-order valence-electron chi connectivity index (χ0n) is 9.86. The number of aliphatic hydroxyl groups is 1. The number of hydrogen-bond donors (Lipinski definition) is 2. The van der Waals surface area contributed by atoms with Crippen LogP contribution in [0.4, 0.5) is 0 Å². The van der Waals surface area contributed by atoms with Gasteiger partial charge in [-0.2, -0.15) is 0 Å². The summed E-state index contributed by atoms with van der Waals surface area (Å²) in [5.74, 6) is 0.620. The highest BCUT2D eigenvalue weighted by Crippen LogP contribution is 2.30. The summed E-state index contributed by atoms with van der Waals surface area (Å²) in [7, 11) is 0. The fourth-order valence-electron chi connectivity index (χ4n) is 2.19. The summed E-state index contributed by atoms with van der Waals surface area (Å²) in [6.07, 6.45) is -0.155. The third-order valence-corrected chi connectivity index (χ3v) is 3.48. The largest absolute Gasteiger partial charge is 0.394 e. The molecule has 1 aliphatic rings. The third kappa shape index (κ3) is 2.69. The maximum absolute atomic E-state index is 11.1. The number of carbonyl (C=O) groups excluding carboxylic acids is 1. The van der Waals surface area contributed by atoms with Crippen LogP contribution in [-0.4, -0.2) is 35.9 Å². The summed E-state index contributed by atoms with van der Waals surface area (Å²) in [6, 6.07) is -0.0845. The van der Waals surface area contributed by atoms with Gasteiger partial charge in [0.25, 0.3) is 0 Å². The van der Waals surface area contributed by atoms with Crippen LogP contribution in [0, 0.1) is 11.8 Å². The number of aliphatic hydroxyl groups excluding tert-OH is 1. The molecule has 0 aliphatic carbocycles. The van der Waals surface area contributed by atoms with Gasteiger partial charge in [-0.25, -0.2) is 0 Å². The van der Waals surface area contributed by atoms with E-state index >= 15 is 0 Å². The fraction of sp³-hybridized carbons (Fsp3) is 0.909. The van der Waals surface area contributed by atoms with Gasteiger partial charge in [0.2, 0.25) is 5.91 Å². The lowest BCUT2D eigenvalue weighted by atomic mass is 9.80. The predicted octanol–water partition coefficient (Wildman–Crippen LogP) is 0.543. The Kier molecular flexibility index (Phi) is 4.11. The Morgan fingerprint density at radius 3 is 2.40 bits per heavy atom. The van der Waals surface area contributed by atoms with E-state index in [1.54, 1.807) is 0 Å². The molecule has 1 saturated heterocycles. The van der Waals surface area contributed by atoms with Crippen LogP contribution in [0.1, 0.15) is 27.7 Å². The van der Waals surface area contributed by atoms with Gasteiger partial charge in [-0.1, -0.05) is 13.8 Å². The van der Waals surface area contributed by atoms with Gasteiger partial charge in [0.15, 0.2) is 0 Å². The molecule has 15 heavy (non-hydrogen) atoms. The van der Waals surface area contributed by atoms with Crippen molar-refractivity contribution in [2.45, 2.75) is 45.9 Å². The highest BCUT2D eigenvalue weighted by atomic mass is 16.5. The molecule has 4 heteroatoms. The van der Waals surface area contributed by atoms with Gasteiger partial charge >= 0.3 is 0 Å². The molecule has 2 N–H and O–H groups in total. The van der Waals surface area contributed by atoms with E-state index in [0.717, 1.165) is 0 Å². The molecule has 2 unspecified atom stereocenters. The van der Waals surface area contributed by atoms with Crippen molar-refractivity contribution in [2.75, 3.05) is 6.61 Å². The molecule has 5 atom stereocenters. The van der Waals surface area contributed by atoms with Crippen LogP contribution in [0.3, 0.4) is 0 Å². The van der Waals surface area contributed by atoms with Gasteiger partial charge in [0.05, 0.1) is 18.8 Å². The van der Waals surface area contributed by atoms with Gasteiger partial charge in [-0.3, -0.25) is 4.79 Å². The lowest BCUT2D eigenvalue weighted by Crippen LogP contribution is -2.57. The van der Waals surface area contributed by atoms with Crippen molar-refractivity contribution in [2.24, 2.45) is 11.8 Å². The van der Waals surface area contributed by atoms with Crippen molar-refractivity contribution in [3.63, 3.8) is 0 Å². The first-order chi connectivity index (χ1) is 6.97. The Labute approximate surface area is 91.0 Å². The zero-order valence-corrected chi connectivity index (χ0v) is 9.86. The minimum atomic E-state index is -0.282. The quantitative estimate of drug-likeness (QED) is 0.707. The van der Waals surface area contributed by atoms with Crippen molar-refractivity contribution < 1.29 is 14.6 Å². The fourth-order valence-corrected chi connectivity index (χ4v) is 2.19. The van der Waals surface area contributed by atoms with E-state index in [1.165, 1.54) is 6.92 Å². The van der Waals surface area contributed by atoms with Crippen molar-refractivity contribution in [3.05, 3.63) is 0 Å². The molecule has 4 nitrogen and oxygen atoms in total. The monoisotopic (exact) mass is 215 g/mol. The normalized spacial score (nSPS) is 41.3. The van der Waals surface area contributed by atoms with Gasteiger partial charge in [0, 0.05) is 6.92 Å². The first kappa shape index (κ1) is 12.5. The van der Waals surface area contributed by atoms with Crippen LogP contribution in [0.5, 0.6) is 0 Å². The Morgan fingerprint density at radius 2 is 1.93 bits per heavy atom. The molecule has 1 heterocycles. The standard InChI is InChI=1S/C11H21NO3/c1-6-7(2)11(12-9(4)14)10(5-13)15-8(6)3/h6-8,10-11,13H,5H2,1-4H3,(H,12,14)/t6-,7+,8?,10-,11?/m0/s1. The van der Waals surface area contributed by atoms with Crippen LogP contribution < -0.4 is 5.32 Å². The number of nitrogens with one attached hydrogen (secondary N) is 1. The van der Waals surface area contributed by atoms with E-state index in [0.29, 0.717) is 11.8 Å². The van der Waals surface area contributed by atoms with Crippen LogP contribution in [0.25, 0.3) is 0 Å². The summed E-state index contributed by atoms with van der Waals surface area (Å²) < 4.78 is 5.67. The molecule has 1 aliphatic heterocycles. The van der Waals surface area contributed by atoms with Gasteiger partial charge in [-0.05, 0) is 18.8 Å². The van der Waals surface area contributed by atoms with Gasteiger partial charge in [-0.15, -0.1) is 0 Å². The predicted molar refractivity (Wildman–Crippen MR) is 57.4 cm³/mol. The molecule has 0 saturated carbocycles. The van der Waals surface area contributed by atoms with E-state index < -0.39 is 0 Å². The molecule has 1 fully saturated rings. The summed E-state index contributed by atoms with van der Waals surface area (Å²) in [4.78, 5) is 11.1. The molecule has 1 rings (SSSR count). The molecule has 0 aromatic rings. The van der Waals surface area contributed by atoms with E-state index in [4.69, 9.17) is 4.74 Å². The highest BCUT2D eigenvalue weighted by molar-refractivity contribution is 5.73. The van der Waals surface area contributed by atoms with Gasteiger partial charge < -0.3 is 15.2 Å². The highest BCUT2D eigenvalue weighted by Gasteiger charge is 2.39. The number of ether oxygens (including phenoxy) is 1. The minimum Gasteiger partial charge on any atom is -0.394 e. The second kappa shape index (κ2) is 4.94. The molecule has 0 spiro atoms. The average Bonchev–Trinajstić information content (AvgIpc) is 2.18. The Hall–Kier alpha value is -0.610. The maximum Gasteiger partial charge on any atom is 0.217 e. The number of rotatable bonds is 2. The molecule has 88 valence electrons. The number of amides is 1. The van der Waals surface area contributed by atoms with Crippen molar-refractivity contribution in [3.8, 4) is 0 Å². The van der Waals surface area contributed by atoms with E-state index in [1.807, 2.05) is 6.92 Å². The molecule has 0 aromatic heterocycles. The third-order valence-electron chi connectivity index (χ3n) is 3.48. The number of hydrogen-bond acceptors (Lipinski definition) is 3. The molecular weight excluding hydrogens is 194 g/mol. The second-order valence-corrected chi connectivity index (χ2v) is 4.51. The molecule has 1 amide bonds. The summed E-state index contributed by atoms with van der Waals surface area (Å²) in [6.45, 7) is 7.65. The molecule has 0 aromatic carbocycles. The molecule has 0 bridgehead atoms. The summed E-state index contributed by atoms with van der Waals surface area (Å²) in [5.41, 5.74) is 0. The Morgan fingerprint density at radius 1 is 1.33 bits per heavy atom. The lowest BCUT2D eigenvalue weighted by Gasteiger charge is -2.43. The van der Waals surface area contributed by atoms with Crippen molar-refractivity contribution in [1.82, 2.24) is 5.32 Å². The second-order valence-electron chi connectivity index (χ2n) is 4.51. The van der Waals surface area contributed by atoms with Crippen molar-refractivity contribution in [1.29, 1.82) is 0 Å². The Balaban J connectivity index is 2.75. The first-order valence-corrected chi connectivity index (χ1v) is 5.50. The Bertz CT molecular complexity index is 230. The summed E-state index contributed by atoms with van der Waals surface area (Å²) >= 11 is 0. The lowest BCUT2D eigenvalue weighted by molar-refractivity contribution is -0.140. The summed E-state index contributed by atoms with van der Waals surface area (Å²) in [5, 5.41) is 12.1. The topological polar surface area (TPSA) is 58.6 Å². The smallest absolute Gasteiger partial charge is 0.217 e. The van der Waals surface area contributed by atoms with E-state index in [2.05, 4.69) is 19.2 Å². The van der Waals surface area contributed by atoms with Crippen LogP contribution in [0.2, 0.25) is 0 Å². The SMILES string of the molecule is CC(=O)NC1[C@H](CO)OC(C)[C@@H](C)[C@H]1C. The van der Waals surface area contributed by atoms with Crippen LogP contribution in [-0.2, 0) is 9.53 Å². The number of carbonyl (C=O) groups is 1.